The predicted octanol–water partition coefficient (Wildman–Crippen LogP) is 16.1. The van der Waals surface area contributed by atoms with Crippen LogP contribution >= 0.6 is 0 Å². The van der Waals surface area contributed by atoms with Gasteiger partial charge in [-0.05, 0) is 89.9 Å². The summed E-state index contributed by atoms with van der Waals surface area (Å²) in [7, 11) is 0. The number of allylic oxidation sites excluding steroid dienone is 19. The molecule has 0 amide bonds. The van der Waals surface area contributed by atoms with E-state index in [0.29, 0.717) is 19.3 Å². The summed E-state index contributed by atoms with van der Waals surface area (Å²) in [5, 5.41) is 0. The highest BCUT2D eigenvalue weighted by molar-refractivity contribution is 5.72. The van der Waals surface area contributed by atoms with Crippen molar-refractivity contribution in [1.82, 2.24) is 0 Å². The van der Waals surface area contributed by atoms with E-state index >= 15 is 0 Å². The van der Waals surface area contributed by atoms with Crippen LogP contribution in [0.5, 0.6) is 0 Å². The van der Waals surface area contributed by atoms with E-state index < -0.39 is 12.1 Å². The Bertz CT molecular complexity index is 1350. The molecule has 0 saturated carbocycles. The van der Waals surface area contributed by atoms with Crippen molar-refractivity contribution in [1.29, 1.82) is 0 Å². The van der Waals surface area contributed by atoms with E-state index in [2.05, 4.69) is 130 Å². The van der Waals surface area contributed by atoms with Gasteiger partial charge in [0.2, 0.25) is 0 Å². The van der Waals surface area contributed by atoms with E-state index in [-0.39, 0.29) is 31.6 Å². The molecule has 0 heterocycles. The van der Waals surface area contributed by atoms with Crippen molar-refractivity contribution in [2.24, 2.45) is 0 Å². The second-order valence-corrected chi connectivity index (χ2v) is 15.6. The molecule has 6 heteroatoms. The Morgan fingerprint density at radius 1 is 0.355 bits per heavy atom. The first-order chi connectivity index (χ1) is 30.5. The smallest absolute Gasteiger partial charge is 0.310 e. The van der Waals surface area contributed by atoms with Crippen molar-refractivity contribution in [3.63, 3.8) is 0 Å². The first-order valence-electron chi connectivity index (χ1n) is 24.5. The lowest BCUT2D eigenvalue weighted by atomic mass is 10.1. The molecule has 0 spiro atoms. The van der Waals surface area contributed by atoms with Gasteiger partial charge in [-0.2, -0.15) is 0 Å². The molecule has 348 valence electrons. The van der Waals surface area contributed by atoms with E-state index in [0.717, 1.165) is 103 Å². The number of hydrogen-bond donors (Lipinski definition) is 0. The van der Waals surface area contributed by atoms with Crippen molar-refractivity contribution in [2.45, 2.75) is 200 Å². The van der Waals surface area contributed by atoms with Crippen molar-refractivity contribution >= 4 is 17.9 Å². The molecule has 0 aliphatic heterocycles. The molecule has 1 atom stereocenters. The van der Waals surface area contributed by atoms with Crippen LogP contribution in [0.15, 0.2) is 122 Å². The molecule has 0 aromatic carbocycles. The van der Waals surface area contributed by atoms with Gasteiger partial charge >= 0.3 is 17.9 Å². The Labute approximate surface area is 380 Å². The lowest BCUT2D eigenvalue weighted by molar-refractivity contribution is -0.166. The number of ether oxygens (including phenoxy) is 3. The number of carbonyl (C=O) groups is 3. The van der Waals surface area contributed by atoms with Crippen LogP contribution < -0.4 is 0 Å². The summed E-state index contributed by atoms with van der Waals surface area (Å²) in [6.45, 7) is 6.22. The zero-order chi connectivity index (χ0) is 45.1. The maximum atomic E-state index is 12.7. The zero-order valence-electron chi connectivity index (χ0n) is 39.6. The summed E-state index contributed by atoms with van der Waals surface area (Å²) in [5.41, 5.74) is 0. The maximum absolute atomic E-state index is 12.7. The van der Waals surface area contributed by atoms with Gasteiger partial charge in [-0.3, -0.25) is 14.4 Å². The van der Waals surface area contributed by atoms with Crippen LogP contribution in [0.1, 0.15) is 194 Å². The fourth-order valence-corrected chi connectivity index (χ4v) is 6.13. The minimum Gasteiger partial charge on any atom is -0.462 e. The van der Waals surface area contributed by atoms with Crippen molar-refractivity contribution in [2.75, 3.05) is 13.2 Å². The Kier molecular flexibility index (Phi) is 46.1. The molecule has 1 unspecified atom stereocenters. The molecule has 6 nitrogen and oxygen atoms in total. The summed E-state index contributed by atoms with van der Waals surface area (Å²) in [4.78, 5) is 37.6. The van der Waals surface area contributed by atoms with Gasteiger partial charge < -0.3 is 14.2 Å². The van der Waals surface area contributed by atoms with Gasteiger partial charge in [0.15, 0.2) is 6.10 Å². The highest BCUT2D eigenvalue weighted by Gasteiger charge is 2.19. The van der Waals surface area contributed by atoms with Gasteiger partial charge in [0.05, 0.1) is 6.42 Å². The molecule has 0 fully saturated rings. The summed E-state index contributed by atoms with van der Waals surface area (Å²) >= 11 is 0. The number of esters is 3. The normalized spacial score (nSPS) is 13.1. The summed E-state index contributed by atoms with van der Waals surface area (Å²) < 4.78 is 16.5. The van der Waals surface area contributed by atoms with Crippen LogP contribution in [0.2, 0.25) is 0 Å². The summed E-state index contributed by atoms with van der Waals surface area (Å²) in [5.74, 6) is -1.09. The summed E-state index contributed by atoms with van der Waals surface area (Å²) in [6, 6.07) is 0. The average molecular weight is 857 g/mol. The third-order valence-electron chi connectivity index (χ3n) is 9.74. The number of carbonyl (C=O) groups excluding carboxylic acids is 3. The van der Waals surface area contributed by atoms with Crippen LogP contribution in [-0.4, -0.2) is 37.2 Å². The van der Waals surface area contributed by atoms with Crippen LogP contribution in [-0.2, 0) is 28.6 Å². The molecule has 0 N–H and O–H groups in total. The molecule has 0 aromatic heterocycles. The zero-order valence-corrected chi connectivity index (χ0v) is 39.6. The van der Waals surface area contributed by atoms with Crippen LogP contribution in [0.25, 0.3) is 0 Å². The quantitative estimate of drug-likeness (QED) is 0.0263. The van der Waals surface area contributed by atoms with Gasteiger partial charge in [0, 0.05) is 12.8 Å². The lowest BCUT2D eigenvalue weighted by Gasteiger charge is -2.18. The van der Waals surface area contributed by atoms with Crippen LogP contribution in [0.4, 0.5) is 0 Å². The van der Waals surface area contributed by atoms with E-state index in [1.807, 2.05) is 6.08 Å². The molecule has 0 aliphatic carbocycles. The monoisotopic (exact) mass is 857 g/mol. The van der Waals surface area contributed by atoms with Gasteiger partial charge in [0.25, 0.3) is 0 Å². The second-order valence-electron chi connectivity index (χ2n) is 15.6. The van der Waals surface area contributed by atoms with Gasteiger partial charge in [0.1, 0.15) is 13.2 Å². The highest BCUT2D eigenvalue weighted by atomic mass is 16.6. The number of rotatable bonds is 42. The average Bonchev–Trinajstić information content (AvgIpc) is 3.27. The third kappa shape index (κ3) is 46.9. The minimum atomic E-state index is -0.836. The largest absolute Gasteiger partial charge is 0.462 e. The van der Waals surface area contributed by atoms with Gasteiger partial charge in [-0.15, -0.1) is 0 Å². The van der Waals surface area contributed by atoms with Crippen molar-refractivity contribution < 1.29 is 28.6 Å². The molecule has 62 heavy (non-hydrogen) atoms. The highest BCUT2D eigenvalue weighted by Crippen LogP contribution is 2.12. The molecular weight excluding hydrogens is 769 g/mol. The molecule has 0 rings (SSSR count). The molecular formula is C56H88O6. The fourth-order valence-electron chi connectivity index (χ4n) is 6.13. The van der Waals surface area contributed by atoms with E-state index in [9.17, 15) is 14.4 Å². The standard InChI is InChI=1S/C56H88O6/c1-4-7-10-13-16-18-20-22-24-25-26-27-28-29-30-31-33-34-36-38-40-43-46-49-55(58)61-52-53(51-60-54(57)48-45-42-15-12-9-6-3)62-56(59)50-47-44-41-39-37-35-32-23-21-19-17-14-11-8-5-2/h7-8,10-11,16-19,22-24,26-27,29-30,32,37,39,44,47,53H,4-6,9,12-15,20-21,25,28,31,33-36,38,40-43,45-46,48-52H2,1-3H3/b10-7-,11-8-,18-16-,19-17-,24-22-,27-26-,30-29-,32-23-,39-37-,47-44-. The van der Waals surface area contributed by atoms with Crippen molar-refractivity contribution in [3.8, 4) is 0 Å². The van der Waals surface area contributed by atoms with Crippen LogP contribution in [0, 0.1) is 0 Å². The van der Waals surface area contributed by atoms with Crippen LogP contribution in [0.3, 0.4) is 0 Å². The van der Waals surface area contributed by atoms with Crippen molar-refractivity contribution in [3.05, 3.63) is 122 Å². The Morgan fingerprint density at radius 3 is 1.06 bits per heavy atom. The molecule has 0 aliphatic rings. The Morgan fingerprint density at radius 2 is 0.677 bits per heavy atom. The summed E-state index contributed by atoms with van der Waals surface area (Å²) in [6.07, 6.45) is 68.0. The molecule has 0 aromatic rings. The third-order valence-corrected chi connectivity index (χ3v) is 9.74. The topological polar surface area (TPSA) is 78.9 Å². The number of hydrogen-bond acceptors (Lipinski definition) is 6. The first-order valence-corrected chi connectivity index (χ1v) is 24.5. The molecule has 0 saturated heterocycles. The fraction of sp³-hybridized carbons (Fsp3) is 0.589. The molecule has 0 radical (unpaired) electrons. The van der Waals surface area contributed by atoms with E-state index in [4.69, 9.17) is 14.2 Å². The van der Waals surface area contributed by atoms with E-state index in [1.165, 1.54) is 44.9 Å². The number of unbranched alkanes of at least 4 members (excludes halogenated alkanes) is 12. The molecule has 0 bridgehead atoms. The first kappa shape index (κ1) is 57.8. The maximum Gasteiger partial charge on any atom is 0.310 e. The van der Waals surface area contributed by atoms with Gasteiger partial charge in [-0.1, -0.05) is 206 Å². The minimum absolute atomic E-state index is 0.0903. The predicted molar refractivity (Wildman–Crippen MR) is 265 cm³/mol. The van der Waals surface area contributed by atoms with Gasteiger partial charge in [-0.25, -0.2) is 0 Å². The Hall–Kier alpha value is -4.19. The second kappa shape index (κ2) is 49.5. The Balaban J connectivity index is 4.35. The SMILES string of the molecule is CC/C=C\C/C=C\C/C=C\C/C=C\C/C=C\CCCCCCCCCC(=O)OCC(COC(=O)CCCCCCCC)OC(=O)C/C=C\C/C=C\C/C=C\C/C=C\C/C=C\CC. The lowest BCUT2D eigenvalue weighted by Crippen LogP contribution is -2.30. The van der Waals surface area contributed by atoms with E-state index in [1.54, 1.807) is 6.08 Å².